The van der Waals surface area contributed by atoms with Gasteiger partial charge < -0.3 is 10.6 Å². The van der Waals surface area contributed by atoms with Crippen molar-refractivity contribution in [2.75, 3.05) is 24.5 Å². The number of anilines is 1. The minimum atomic E-state index is -0.581. The summed E-state index contributed by atoms with van der Waals surface area (Å²) in [4.78, 5) is 25.7. The van der Waals surface area contributed by atoms with Crippen molar-refractivity contribution < 1.29 is 14.0 Å². The third-order valence-electron chi connectivity index (χ3n) is 5.40. The Morgan fingerprint density at radius 3 is 2.93 bits per heavy atom. The fourth-order valence-electron chi connectivity index (χ4n) is 3.97. The highest BCUT2D eigenvalue weighted by molar-refractivity contribution is 5.98. The van der Waals surface area contributed by atoms with Crippen LogP contribution in [0.2, 0.25) is 0 Å². The monoisotopic (exact) mass is 367 g/mol. The van der Waals surface area contributed by atoms with Crippen molar-refractivity contribution >= 4 is 17.6 Å². The highest BCUT2D eigenvalue weighted by Gasteiger charge is 2.24. The molecule has 2 aromatic carbocycles. The van der Waals surface area contributed by atoms with Crippen molar-refractivity contribution in [3.8, 4) is 0 Å². The number of nitrogens with one attached hydrogen (secondary N) is 2. The maximum absolute atomic E-state index is 14.1. The number of carbonyl (C=O) groups excluding carboxylic acids is 2. The maximum atomic E-state index is 14.1. The lowest BCUT2D eigenvalue weighted by atomic mass is 9.98. The summed E-state index contributed by atoms with van der Waals surface area (Å²) < 4.78 is 14.1. The number of aryl methyl sites for hydroxylation is 1. The molecule has 1 unspecified atom stereocenters. The third-order valence-corrected chi connectivity index (χ3v) is 5.40. The minimum Gasteiger partial charge on any atom is -0.352 e. The molecule has 5 nitrogen and oxygen atoms in total. The topological polar surface area (TPSA) is 61.4 Å². The van der Waals surface area contributed by atoms with E-state index in [1.807, 2.05) is 6.07 Å². The zero-order valence-electron chi connectivity index (χ0n) is 15.0. The van der Waals surface area contributed by atoms with Crippen molar-refractivity contribution in [1.82, 2.24) is 10.6 Å². The number of benzene rings is 2. The zero-order valence-corrected chi connectivity index (χ0v) is 15.0. The Bertz CT molecular complexity index is 883. The first-order chi connectivity index (χ1) is 13.1. The molecule has 3 amide bonds. The van der Waals surface area contributed by atoms with Crippen LogP contribution in [0.15, 0.2) is 42.5 Å². The lowest BCUT2D eigenvalue weighted by Gasteiger charge is -2.16. The molecular weight excluding hydrogens is 345 g/mol. The smallest absolute Gasteiger partial charge is 0.321 e. The SMILES string of the molecule is O=C(NCCC1CCc2ccccc21)c1cc(N2CCNC2=O)ccc1F. The number of carbonyl (C=O) groups is 2. The van der Waals surface area contributed by atoms with Crippen LogP contribution in [0, 0.1) is 5.82 Å². The van der Waals surface area contributed by atoms with E-state index in [0.717, 1.165) is 19.3 Å². The van der Waals surface area contributed by atoms with Gasteiger partial charge in [-0.05, 0) is 54.5 Å². The van der Waals surface area contributed by atoms with Crippen molar-refractivity contribution in [2.24, 2.45) is 0 Å². The number of amides is 3. The molecule has 1 atom stereocenters. The molecule has 1 aliphatic heterocycles. The second-order valence-corrected chi connectivity index (χ2v) is 7.03. The summed E-state index contributed by atoms with van der Waals surface area (Å²) in [6, 6.07) is 12.4. The van der Waals surface area contributed by atoms with Crippen LogP contribution in [-0.4, -0.2) is 31.6 Å². The van der Waals surface area contributed by atoms with E-state index >= 15 is 0 Å². The number of urea groups is 1. The molecule has 4 rings (SSSR count). The number of rotatable bonds is 5. The lowest BCUT2D eigenvalue weighted by molar-refractivity contribution is 0.0948. The molecule has 0 saturated carbocycles. The van der Waals surface area contributed by atoms with E-state index in [9.17, 15) is 14.0 Å². The van der Waals surface area contributed by atoms with E-state index in [4.69, 9.17) is 0 Å². The summed E-state index contributed by atoms with van der Waals surface area (Å²) in [5.41, 5.74) is 3.25. The Morgan fingerprint density at radius 2 is 2.11 bits per heavy atom. The highest BCUT2D eigenvalue weighted by Crippen LogP contribution is 2.34. The molecule has 1 saturated heterocycles. The average Bonchev–Trinajstić information content (AvgIpc) is 3.29. The van der Waals surface area contributed by atoms with Gasteiger partial charge in [0.05, 0.1) is 5.56 Å². The molecule has 0 aromatic heterocycles. The van der Waals surface area contributed by atoms with Crippen molar-refractivity contribution in [2.45, 2.75) is 25.2 Å². The molecule has 140 valence electrons. The second kappa shape index (κ2) is 7.39. The molecule has 0 bridgehead atoms. The number of nitrogens with zero attached hydrogens (tertiary/aromatic N) is 1. The van der Waals surface area contributed by atoms with Crippen LogP contribution in [0.4, 0.5) is 14.9 Å². The molecule has 27 heavy (non-hydrogen) atoms. The molecule has 2 N–H and O–H groups in total. The molecule has 1 fully saturated rings. The maximum Gasteiger partial charge on any atom is 0.321 e. The summed E-state index contributed by atoms with van der Waals surface area (Å²) in [6.45, 7) is 1.54. The van der Waals surface area contributed by atoms with Gasteiger partial charge in [-0.3, -0.25) is 9.69 Å². The summed E-state index contributed by atoms with van der Waals surface area (Å²) in [5, 5.41) is 5.53. The predicted octanol–water partition coefficient (Wildman–Crippen LogP) is 3.21. The Balaban J connectivity index is 1.39. The second-order valence-electron chi connectivity index (χ2n) is 7.03. The van der Waals surface area contributed by atoms with Gasteiger partial charge in [-0.25, -0.2) is 9.18 Å². The summed E-state index contributed by atoms with van der Waals surface area (Å²) in [5.74, 6) is -0.590. The van der Waals surface area contributed by atoms with Gasteiger partial charge in [-0.2, -0.15) is 0 Å². The standard InChI is InChI=1S/C21H22FN3O2/c22-19-8-7-16(25-12-11-24-21(25)27)13-18(19)20(26)23-10-9-15-6-5-14-3-1-2-4-17(14)15/h1-4,7-8,13,15H,5-6,9-12H2,(H,23,26)(H,24,27). The molecule has 1 heterocycles. The number of halogens is 1. The Morgan fingerprint density at radius 1 is 1.26 bits per heavy atom. The van der Waals surface area contributed by atoms with Crippen LogP contribution in [0.3, 0.4) is 0 Å². The van der Waals surface area contributed by atoms with Crippen LogP contribution in [-0.2, 0) is 6.42 Å². The molecule has 0 spiro atoms. The molecule has 0 radical (unpaired) electrons. The van der Waals surface area contributed by atoms with Gasteiger partial charge in [0.15, 0.2) is 0 Å². The normalized spacial score (nSPS) is 18.3. The van der Waals surface area contributed by atoms with Gasteiger partial charge in [0, 0.05) is 25.3 Å². The van der Waals surface area contributed by atoms with E-state index in [1.54, 1.807) is 0 Å². The molecular formula is C21H22FN3O2. The van der Waals surface area contributed by atoms with E-state index in [-0.39, 0.29) is 11.6 Å². The van der Waals surface area contributed by atoms with Crippen molar-refractivity contribution in [1.29, 1.82) is 0 Å². The first-order valence-electron chi connectivity index (χ1n) is 9.34. The first-order valence-corrected chi connectivity index (χ1v) is 9.34. The summed E-state index contributed by atoms with van der Waals surface area (Å²) in [7, 11) is 0. The van der Waals surface area contributed by atoms with E-state index < -0.39 is 11.7 Å². The van der Waals surface area contributed by atoms with Crippen molar-refractivity contribution in [3.63, 3.8) is 0 Å². The Labute approximate surface area is 157 Å². The van der Waals surface area contributed by atoms with Crippen molar-refractivity contribution in [3.05, 3.63) is 65.0 Å². The molecule has 2 aromatic rings. The average molecular weight is 367 g/mol. The van der Waals surface area contributed by atoms with Crippen LogP contribution >= 0.6 is 0 Å². The van der Waals surface area contributed by atoms with Gasteiger partial charge in [0.25, 0.3) is 5.91 Å². The fraction of sp³-hybridized carbons (Fsp3) is 0.333. The van der Waals surface area contributed by atoms with Gasteiger partial charge in [0.1, 0.15) is 5.82 Å². The summed E-state index contributed by atoms with van der Waals surface area (Å²) >= 11 is 0. The van der Waals surface area contributed by atoms with Gasteiger partial charge >= 0.3 is 6.03 Å². The quantitative estimate of drug-likeness (QED) is 0.853. The van der Waals surface area contributed by atoms with E-state index in [2.05, 4.69) is 28.8 Å². The Hall–Kier alpha value is -2.89. The highest BCUT2D eigenvalue weighted by atomic mass is 19.1. The molecule has 6 heteroatoms. The first kappa shape index (κ1) is 17.5. The number of hydrogen-bond donors (Lipinski definition) is 2. The molecule has 2 aliphatic rings. The summed E-state index contributed by atoms with van der Waals surface area (Å²) in [6.07, 6.45) is 2.99. The van der Waals surface area contributed by atoms with Crippen LogP contribution in [0.25, 0.3) is 0 Å². The van der Waals surface area contributed by atoms with Crippen LogP contribution in [0.1, 0.15) is 40.2 Å². The fourth-order valence-corrected chi connectivity index (χ4v) is 3.97. The van der Waals surface area contributed by atoms with Gasteiger partial charge in [-0.15, -0.1) is 0 Å². The van der Waals surface area contributed by atoms with Crippen LogP contribution < -0.4 is 15.5 Å². The van der Waals surface area contributed by atoms with E-state index in [0.29, 0.717) is 31.2 Å². The largest absolute Gasteiger partial charge is 0.352 e. The zero-order chi connectivity index (χ0) is 18.8. The molecule has 1 aliphatic carbocycles. The number of hydrogen-bond acceptors (Lipinski definition) is 2. The van der Waals surface area contributed by atoms with Crippen LogP contribution in [0.5, 0.6) is 0 Å². The van der Waals surface area contributed by atoms with Gasteiger partial charge in [-0.1, -0.05) is 24.3 Å². The lowest BCUT2D eigenvalue weighted by Crippen LogP contribution is -2.29. The third kappa shape index (κ3) is 3.52. The minimum absolute atomic E-state index is 0.0287. The number of fused-ring (bicyclic) bond motifs is 1. The van der Waals surface area contributed by atoms with E-state index in [1.165, 1.54) is 34.2 Å². The Kier molecular flexibility index (Phi) is 4.79. The van der Waals surface area contributed by atoms with Gasteiger partial charge in [0.2, 0.25) is 0 Å². The predicted molar refractivity (Wildman–Crippen MR) is 102 cm³/mol.